The number of carbonyl (C=O) groups is 1. The van der Waals surface area contributed by atoms with Gasteiger partial charge in [0.2, 0.25) is 0 Å². The van der Waals surface area contributed by atoms with Gasteiger partial charge in [-0.1, -0.05) is 13.0 Å². The predicted molar refractivity (Wildman–Crippen MR) is 50.5 cm³/mol. The summed E-state index contributed by atoms with van der Waals surface area (Å²) in [6, 6.07) is 3.22. The van der Waals surface area contributed by atoms with E-state index in [1.54, 1.807) is 13.8 Å². The van der Waals surface area contributed by atoms with Gasteiger partial charge in [-0.25, -0.2) is 4.39 Å². The first-order chi connectivity index (χ1) is 6.06. The molecule has 1 aromatic rings. The van der Waals surface area contributed by atoms with Crippen molar-refractivity contribution in [1.82, 2.24) is 0 Å². The van der Waals surface area contributed by atoms with E-state index >= 15 is 0 Å². The summed E-state index contributed by atoms with van der Waals surface area (Å²) in [6.45, 7) is 5.32. The van der Waals surface area contributed by atoms with Gasteiger partial charge < -0.3 is 0 Å². The maximum absolute atomic E-state index is 13.3. The topological polar surface area (TPSA) is 17.1 Å². The number of benzene rings is 1. The Kier molecular flexibility index (Phi) is 2.81. The van der Waals surface area contributed by atoms with Crippen LogP contribution in [0.4, 0.5) is 4.39 Å². The Bertz CT molecular complexity index is 319. The number of aryl methyl sites for hydroxylation is 2. The van der Waals surface area contributed by atoms with Gasteiger partial charge in [0.15, 0.2) is 5.78 Å². The van der Waals surface area contributed by atoms with Crippen LogP contribution >= 0.6 is 0 Å². The highest BCUT2D eigenvalue weighted by molar-refractivity contribution is 5.97. The van der Waals surface area contributed by atoms with Gasteiger partial charge in [0.1, 0.15) is 5.82 Å². The molecule has 0 radical (unpaired) electrons. The van der Waals surface area contributed by atoms with Crippen LogP contribution in [0.2, 0.25) is 0 Å². The second kappa shape index (κ2) is 3.69. The van der Waals surface area contributed by atoms with Crippen molar-refractivity contribution in [3.8, 4) is 0 Å². The molecule has 0 N–H and O–H groups in total. The Morgan fingerprint density at radius 1 is 1.38 bits per heavy atom. The van der Waals surface area contributed by atoms with Crippen molar-refractivity contribution in [1.29, 1.82) is 0 Å². The van der Waals surface area contributed by atoms with Gasteiger partial charge in [0.25, 0.3) is 0 Å². The molecular formula is C11H13FO. The molecule has 0 atom stereocenters. The number of hydrogen-bond donors (Lipinski definition) is 0. The predicted octanol–water partition coefficient (Wildman–Crippen LogP) is 3.04. The number of Topliss-reactive ketones (excluding diaryl/α,β-unsaturated/α-hetero) is 1. The van der Waals surface area contributed by atoms with Gasteiger partial charge in [0.05, 0.1) is 5.56 Å². The molecular weight excluding hydrogens is 167 g/mol. The summed E-state index contributed by atoms with van der Waals surface area (Å²) in [4.78, 5) is 11.3. The smallest absolute Gasteiger partial charge is 0.165 e. The van der Waals surface area contributed by atoms with Gasteiger partial charge in [-0.15, -0.1) is 0 Å². The fourth-order valence-electron chi connectivity index (χ4n) is 1.45. The Hall–Kier alpha value is -1.18. The Balaban J connectivity index is 3.28. The molecule has 0 aromatic heterocycles. The number of hydrogen-bond acceptors (Lipinski definition) is 1. The van der Waals surface area contributed by atoms with Crippen molar-refractivity contribution in [2.75, 3.05) is 0 Å². The van der Waals surface area contributed by atoms with Crippen molar-refractivity contribution >= 4 is 5.78 Å². The van der Waals surface area contributed by atoms with Crippen molar-refractivity contribution < 1.29 is 9.18 Å². The third kappa shape index (κ3) is 1.94. The van der Waals surface area contributed by atoms with Crippen molar-refractivity contribution in [3.63, 3.8) is 0 Å². The molecule has 0 heterocycles. The van der Waals surface area contributed by atoms with Crippen LogP contribution in [0, 0.1) is 19.7 Å². The van der Waals surface area contributed by atoms with Crippen molar-refractivity contribution in [2.45, 2.75) is 27.2 Å². The lowest BCUT2D eigenvalue weighted by molar-refractivity contribution is 0.0983. The lowest BCUT2D eigenvalue weighted by atomic mass is 10.0. The molecule has 0 amide bonds. The van der Waals surface area contributed by atoms with Crippen LogP contribution in [0.1, 0.15) is 34.8 Å². The normalized spacial score (nSPS) is 10.2. The first-order valence-corrected chi connectivity index (χ1v) is 4.36. The monoisotopic (exact) mass is 180 g/mol. The summed E-state index contributed by atoms with van der Waals surface area (Å²) in [5.41, 5.74) is 1.82. The minimum absolute atomic E-state index is 0.130. The molecule has 0 spiro atoms. The number of carbonyl (C=O) groups excluding carboxylic acids is 1. The average Bonchev–Trinajstić information content (AvgIpc) is 2.02. The average molecular weight is 180 g/mol. The minimum Gasteiger partial charge on any atom is -0.294 e. The van der Waals surface area contributed by atoms with E-state index in [9.17, 15) is 9.18 Å². The van der Waals surface area contributed by atoms with Crippen LogP contribution in [0.5, 0.6) is 0 Å². The van der Waals surface area contributed by atoms with Crippen LogP contribution in [0.15, 0.2) is 12.1 Å². The second-order valence-corrected chi connectivity index (χ2v) is 3.22. The van der Waals surface area contributed by atoms with Crippen LogP contribution in [0.25, 0.3) is 0 Å². The number of halogens is 1. The van der Waals surface area contributed by atoms with Gasteiger partial charge in [0, 0.05) is 6.42 Å². The molecule has 70 valence electrons. The van der Waals surface area contributed by atoms with E-state index in [2.05, 4.69) is 0 Å². The number of ketones is 1. The van der Waals surface area contributed by atoms with E-state index in [1.807, 2.05) is 13.0 Å². The lowest BCUT2D eigenvalue weighted by Gasteiger charge is -2.05. The van der Waals surface area contributed by atoms with Gasteiger partial charge in [-0.05, 0) is 31.0 Å². The molecule has 1 rings (SSSR count). The Morgan fingerprint density at radius 2 is 2.00 bits per heavy atom. The zero-order chi connectivity index (χ0) is 10.0. The third-order valence-corrected chi connectivity index (χ3v) is 2.03. The SMILES string of the molecule is CCC(=O)c1c(C)cc(C)cc1F. The summed E-state index contributed by atoms with van der Waals surface area (Å²) in [5.74, 6) is -0.528. The summed E-state index contributed by atoms with van der Waals surface area (Å²) >= 11 is 0. The summed E-state index contributed by atoms with van der Waals surface area (Å²) in [6.07, 6.45) is 0.348. The van der Waals surface area contributed by atoms with Crippen molar-refractivity contribution in [3.05, 3.63) is 34.6 Å². The van der Waals surface area contributed by atoms with Crippen LogP contribution < -0.4 is 0 Å². The molecule has 1 aromatic carbocycles. The van der Waals surface area contributed by atoms with Gasteiger partial charge in [-0.2, -0.15) is 0 Å². The summed E-state index contributed by atoms with van der Waals surface area (Å²) < 4.78 is 13.3. The minimum atomic E-state index is -0.399. The fraction of sp³-hybridized carbons (Fsp3) is 0.364. The van der Waals surface area contributed by atoms with Crippen LogP contribution in [-0.2, 0) is 0 Å². The first-order valence-electron chi connectivity index (χ1n) is 4.36. The summed E-state index contributed by atoms with van der Waals surface area (Å²) in [7, 11) is 0. The van der Waals surface area contributed by atoms with Gasteiger partial charge >= 0.3 is 0 Å². The highest BCUT2D eigenvalue weighted by atomic mass is 19.1. The van der Waals surface area contributed by atoms with E-state index in [0.717, 1.165) is 11.1 Å². The van der Waals surface area contributed by atoms with Crippen LogP contribution in [-0.4, -0.2) is 5.78 Å². The molecule has 0 aliphatic heterocycles. The Morgan fingerprint density at radius 3 is 2.46 bits per heavy atom. The van der Waals surface area contributed by atoms with Crippen molar-refractivity contribution in [2.24, 2.45) is 0 Å². The zero-order valence-electron chi connectivity index (χ0n) is 8.15. The Labute approximate surface area is 77.6 Å². The molecule has 1 nitrogen and oxygen atoms in total. The van der Waals surface area contributed by atoms with E-state index < -0.39 is 5.82 Å². The quantitative estimate of drug-likeness (QED) is 0.639. The second-order valence-electron chi connectivity index (χ2n) is 3.22. The fourth-order valence-corrected chi connectivity index (χ4v) is 1.45. The molecule has 0 saturated heterocycles. The lowest BCUT2D eigenvalue weighted by Crippen LogP contribution is -2.04. The largest absolute Gasteiger partial charge is 0.294 e. The first kappa shape index (κ1) is 9.90. The molecule has 13 heavy (non-hydrogen) atoms. The maximum atomic E-state index is 13.3. The third-order valence-electron chi connectivity index (χ3n) is 2.03. The maximum Gasteiger partial charge on any atom is 0.165 e. The number of rotatable bonds is 2. The molecule has 0 saturated carbocycles. The summed E-state index contributed by atoms with van der Waals surface area (Å²) in [5, 5.41) is 0. The van der Waals surface area contributed by atoms with E-state index in [0.29, 0.717) is 6.42 Å². The zero-order valence-corrected chi connectivity index (χ0v) is 8.15. The molecule has 0 aliphatic rings. The van der Waals surface area contributed by atoms with Gasteiger partial charge in [-0.3, -0.25) is 4.79 Å². The molecule has 0 aliphatic carbocycles. The molecule has 0 fully saturated rings. The highest BCUT2D eigenvalue weighted by Crippen LogP contribution is 2.17. The van der Waals surface area contributed by atoms with E-state index in [4.69, 9.17) is 0 Å². The van der Waals surface area contributed by atoms with E-state index in [1.165, 1.54) is 6.07 Å². The molecule has 0 unspecified atom stereocenters. The standard InChI is InChI=1S/C11H13FO/c1-4-10(13)11-8(3)5-7(2)6-9(11)12/h5-6H,4H2,1-3H3. The van der Waals surface area contributed by atoms with E-state index in [-0.39, 0.29) is 11.3 Å². The highest BCUT2D eigenvalue weighted by Gasteiger charge is 2.12. The van der Waals surface area contributed by atoms with Crippen LogP contribution in [0.3, 0.4) is 0 Å². The molecule has 0 bridgehead atoms. The molecule has 2 heteroatoms.